The van der Waals surface area contributed by atoms with Gasteiger partial charge < -0.3 is 14.6 Å². The van der Waals surface area contributed by atoms with Gasteiger partial charge >= 0.3 is 5.97 Å². The number of esters is 1. The SMILES string of the molecule is [2H]c1cc(Br)cc(Cl)c1Nc1c(C(=O)OC)cc2c(ncn2C)c1F. The predicted octanol–water partition coefficient (Wildman–Crippen LogP) is 4.66. The molecule has 0 spiro atoms. The van der Waals surface area contributed by atoms with Gasteiger partial charge in [0.1, 0.15) is 5.52 Å². The van der Waals surface area contributed by atoms with Gasteiger partial charge in [0.2, 0.25) is 0 Å². The number of aromatic nitrogens is 2. The number of aryl methyl sites for hydroxylation is 1. The Balaban J connectivity index is 2.24. The van der Waals surface area contributed by atoms with Crippen LogP contribution in [-0.2, 0) is 11.8 Å². The van der Waals surface area contributed by atoms with Crippen molar-refractivity contribution in [2.45, 2.75) is 0 Å². The molecule has 5 nitrogen and oxygen atoms in total. The van der Waals surface area contributed by atoms with Gasteiger partial charge in [-0.05, 0) is 24.2 Å². The highest BCUT2D eigenvalue weighted by Crippen LogP contribution is 2.34. The molecular formula is C16H12BrClFN3O2. The highest BCUT2D eigenvalue weighted by atomic mass is 79.9. The molecule has 0 aliphatic heterocycles. The van der Waals surface area contributed by atoms with Gasteiger partial charge in [0.05, 0.1) is 42.3 Å². The molecule has 3 aromatic rings. The van der Waals surface area contributed by atoms with E-state index in [1.54, 1.807) is 17.7 Å². The molecule has 0 bridgehead atoms. The summed E-state index contributed by atoms with van der Waals surface area (Å²) in [4.78, 5) is 16.1. The number of carbonyl (C=O) groups is 1. The molecule has 0 saturated heterocycles. The number of fused-ring (bicyclic) bond motifs is 1. The lowest BCUT2D eigenvalue weighted by Crippen LogP contribution is -2.08. The summed E-state index contributed by atoms with van der Waals surface area (Å²) in [6.07, 6.45) is 1.45. The standard InChI is InChI=1S/C16H12BrClFN3O2/c1-22-7-20-15-12(22)6-9(16(23)24-2)14(13(15)19)21-11-4-3-8(17)5-10(11)18/h3-7,21H,1-2H3/i4D. The van der Waals surface area contributed by atoms with Crippen molar-refractivity contribution in [1.29, 1.82) is 0 Å². The Morgan fingerprint density at radius 1 is 1.54 bits per heavy atom. The Morgan fingerprint density at radius 2 is 2.29 bits per heavy atom. The van der Waals surface area contributed by atoms with Crippen LogP contribution in [0.25, 0.3) is 11.0 Å². The lowest BCUT2D eigenvalue weighted by Gasteiger charge is -2.14. The van der Waals surface area contributed by atoms with Gasteiger partial charge in [0, 0.05) is 11.5 Å². The van der Waals surface area contributed by atoms with Crippen LogP contribution in [0.4, 0.5) is 15.8 Å². The first-order valence-electron chi connectivity index (χ1n) is 7.28. The van der Waals surface area contributed by atoms with Crippen molar-refractivity contribution >= 4 is 55.9 Å². The normalized spacial score (nSPS) is 11.5. The monoisotopic (exact) mass is 412 g/mol. The van der Waals surface area contributed by atoms with Crippen LogP contribution in [0.2, 0.25) is 5.02 Å². The van der Waals surface area contributed by atoms with E-state index in [1.165, 1.54) is 25.6 Å². The quantitative estimate of drug-likeness (QED) is 0.635. The molecule has 0 aliphatic rings. The maximum atomic E-state index is 15.0. The van der Waals surface area contributed by atoms with Crippen molar-refractivity contribution in [3.63, 3.8) is 0 Å². The minimum atomic E-state index is -0.725. The van der Waals surface area contributed by atoms with Crippen molar-refractivity contribution in [1.82, 2.24) is 9.55 Å². The van der Waals surface area contributed by atoms with Crippen LogP contribution in [0.15, 0.2) is 35.0 Å². The van der Waals surface area contributed by atoms with Gasteiger partial charge in [-0.3, -0.25) is 0 Å². The number of imidazole rings is 1. The molecule has 124 valence electrons. The van der Waals surface area contributed by atoms with Gasteiger partial charge in [0.25, 0.3) is 0 Å². The number of anilines is 2. The Kier molecular flexibility index (Phi) is 4.12. The Labute approximate surface area is 151 Å². The number of carbonyl (C=O) groups excluding carboxylic acids is 1. The van der Waals surface area contributed by atoms with Crippen molar-refractivity contribution in [2.75, 3.05) is 12.4 Å². The predicted molar refractivity (Wildman–Crippen MR) is 94.4 cm³/mol. The van der Waals surface area contributed by atoms with Crippen LogP contribution in [0, 0.1) is 5.82 Å². The van der Waals surface area contributed by atoms with E-state index in [1.807, 2.05) is 0 Å². The van der Waals surface area contributed by atoms with Crippen LogP contribution < -0.4 is 5.32 Å². The van der Waals surface area contributed by atoms with E-state index < -0.39 is 11.8 Å². The molecule has 0 radical (unpaired) electrons. The number of nitrogens with one attached hydrogen (secondary N) is 1. The molecule has 3 rings (SSSR count). The number of rotatable bonds is 3. The molecule has 0 amide bonds. The average molecular weight is 414 g/mol. The fourth-order valence-corrected chi connectivity index (χ4v) is 2.98. The zero-order valence-corrected chi connectivity index (χ0v) is 15.0. The number of hydrogen-bond donors (Lipinski definition) is 1. The summed E-state index contributed by atoms with van der Waals surface area (Å²) in [7, 11) is 2.90. The fraction of sp³-hybridized carbons (Fsp3) is 0.125. The van der Waals surface area contributed by atoms with Crippen molar-refractivity contribution in [3.05, 3.63) is 51.4 Å². The van der Waals surface area contributed by atoms with E-state index >= 15 is 4.39 Å². The molecule has 0 atom stereocenters. The van der Waals surface area contributed by atoms with E-state index in [-0.39, 0.29) is 33.5 Å². The molecule has 24 heavy (non-hydrogen) atoms. The zero-order chi connectivity index (χ0) is 18.3. The second kappa shape index (κ2) is 6.41. The van der Waals surface area contributed by atoms with Crippen LogP contribution in [-0.4, -0.2) is 22.6 Å². The lowest BCUT2D eigenvalue weighted by molar-refractivity contribution is 0.0601. The van der Waals surface area contributed by atoms with Crippen molar-refractivity contribution in [2.24, 2.45) is 7.05 Å². The summed E-state index contributed by atoms with van der Waals surface area (Å²) >= 11 is 9.39. The summed E-state index contributed by atoms with van der Waals surface area (Å²) in [5.41, 5.74) is 0.545. The van der Waals surface area contributed by atoms with Crippen LogP contribution in [0.1, 0.15) is 11.7 Å². The Bertz CT molecular complexity index is 986. The smallest absolute Gasteiger partial charge is 0.340 e. The van der Waals surface area contributed by atoms with Crippen molar-refractivity contribution in [3.8, 4) is 0 Å². The van der Waals surface area contributed by atoms with Gasteiger partial charge in [0.15, 0.2) is 5.82 Å². The van der Waals surface area contributed by atoms with E-state index in [4.69, 9.17) is 17.7 Å². The molecule has 8 heteroatoms. The second-order valence-corrected chi connectivity index (χ2v) is 6.32. The number of methoxy groups -OCH3 is 1. The molecule has 1 N–H and O–H groups in total. The Hall–Kier alpha value is -2.12. The van der Waals surface area contributed by atoms with Gasteiger partial charge in [-0.1, -0.05) is 27.5 Å². The van der Waals surface area contributed by atoms with E-state index in [0.717, 1.165) is 0 Å². The van der Waals surface area contributed by atoms with E-state index in [0.29, 0.717) is 9.99 Å². The molecule has 0 aliphatic carbocycles. The summed E-state index contributed by atoms with van der Waals surface area (Å²) in [6.45, 7) is 0. The molecule has 1 aromatic heterocycles. The average Bonchev–Trinajstić information content (AvgIpc) is 2.93. The van der Waals surface area contributed by atoms with Gasteiger partial charge in [-0.15, -0.1) is 0 Å². The van der Waals surface area contributed by atoms with E-state index in [9.17, 15) is 4.79 Å². The first-order chi connectivity index (χ1) is 11.8. The minimum absolute atomic E-state index is 0.0190. The number of hydrogen-bond acceptors (Lipinski definition) is 4. The first kappa shape index (κ1) is 15.4. The fourth-order valence-electron chi connectivity index (χ4n) is 2.28. The Morgan fingerprint density at radius 3 is 2.96 bits per heavy atom. The highest BCUT2D eigenvalue weighted by Gasteiger charge is 2.22. The maximum absolute atomic E-state index is 15.0. The first-order valence-corrected chi connectivity index (χ1v) is 7.95. The van der Waals surface area contributed by atoms with Crippen LogP contribution in [0.5, 0.6) is 0 Å². The van der Waals surface area contributed by atoms with Gasteiger partial charge in [-0.25, -0.2) is 14.2 Å². The number of nitrogens with zero attached hydrogens (tertiary/aromatic N) is 2. The molecule has 0 fully saturated rings. The maximum Gasteiger partial charge on any atom is 0.340 e. The van der Waals surface area contributed by atoms with Crippen LogP contribution >= 0.6 is 27.5 Å². The summed E-state index contributed by atoms with van der Waals surface area (Å²) < 4.78 is 30.0. The third kappa shape index (κ3) is 2.85. The highest BCUT2D eigenvalue weighted by molar-refractivity contribution is 9.10. The third-order valence-corrected chi connectivity index (χ3v) is 4.23. The zero-order valence-electron chi connectivity index (χ0n) is 13.7. The summed E-state index contributed by atoms with van der Waals surface area (Å²) in [5, 5.41) is 2.96. The van der Waals surface area contributed by atoms with Gasteiger partial charge in [-0.2, -0.15) is 0 Å². The number of benzene rings is 2. The topological polar surface area (TPSA) is 56.1 Å². The summed E-state index contributed by atoms with van der Waals surface area (Å²) in [5.74, 6) is -1.44. The third-order valence-electron chi connectivity index (χ3n) is 3.47. The molecule has 0 unspecified atom stereocenters. The molecular weight excluding hydrogens is 401 g/mol. The molecule has 0 saturated carbocycles. The molecule has 2 aromatic carbocycles. The minimum Gasteiger partial charge on any atom is -0.465 e. The number of halogens is 3. The summed E-state index contributed by atoms with van der Waals surface area (Å²) in [6, 6.07) is 4.59. The van der Waals surface area contributed by atoms with E-state index in [2.05, 4.69) is 26.2 Å². The van der Waals surface area contributed by atoms with Crippen molar-refractivity contribution < 1.29 is 15.3 Å². The largest absolute Gasteiger partial charge is 0.465 e. The lowest BCUT2D eigenvalue weighted by atomic mass is 10.1. The number of ether oxygens (including phenoxy) is 1. The molecule has 1 heterocycles. The van der Waals surface area contributed by atoms with Crippen LogP contribution in [0.3, 0.4) is 0 Å². The second-order valence-electron chi connectivity index (χ2n) is 4.99.